The molecule has 3 rings (SSSR count). The smallest absolute Gasteiger partial charge is 0.244 e. The average Bonchev–Trinajstić information content (AvgIpc) is 3.21. The number of methoxy groups -OCH3 is 3. The fourth-order valence-corrected chi connectivity index (χ4v) is 3.37. The van der Waals surface area contributed by atoms with Gasteiger partial charge in [0.1, 0.15) is 0 Å². The number of carbonyl (C=O) groups is 2. The minimum atomic E-state index is -0.230. The van der Waals surface area contributed by atoms with Gasteiger partial charge in [-0.3, -0.25) is 9.59 Å². The molecular formula is C23H26N2O5. The van der Waals surface area contributed by atoms with E-state index in [2.05, 4.69) is 5.32 Å². The molecule has 0 atom stereocenters. The predicted molar refractivity (Wildman–Crippen MR) is 115 cm³/mol. The summed E-state index contributed by atoms with van der Waals surface area (Å²) in [6.07, 6.45) is 4.60. The number of hydrogen-bond donors (Lipinski definition) is 1. The predicted octanol–water partition coefficient (Wildman–Crippen LogP) is 3.17. The Hall–Kier alpha value is -3.48. The van der Waals surface area contributed by atoms with Gasteiger partial charge in [0.2, 0.25) is 17.6 Å². The summed E-state index contributed by atoms with van der Waals surface area (Å²) < 4.78 is 16.0. The van der Waals surface area contributed by atoms with Gasteiger partial charge in [0.15, 0.2) is 11.5 Å². The summed E-state index contributed by atoms with van der Waals surface area (Å²) >= 11 is 0. The molecule has 1 aliphatic heterocycles. The maximum absolute atomic E-state index is 12.3. The number of nitrogens with zero attached hydrogens (tertiary/aromatic N) is 1. The van der Waals surface area contributed by atoms with Crippen molar-refractivity contribution in [3.63, 3.8) is 0 Å². The molecule has 7 heteroatoms. The maximum atomic E-state index is 12.3. The largest absolute Gasteiger partial charge is 0.493 e. The van der Waals surface area contributed by atoms with Crippen molar-refractivity contribution in [3.8, 4) is 17.2 Å². The molecule has 0 saturated carbocycles. The molecule has 30 heavy (non-hydrogen) atoms. The molecule has 1 fully saturated rings. The van der Waals surface area contributed by atoms with E-state index in [0.717, 1.165) is 29.8 Å². The molecule has 1 heterocycles. The summed E-state index contributed by atoms with van der Waals surface area (Å²) in [5, 5.41) is 2.86. The SMILES string of the molecule is COc1cc(/C=C/C(=O)NCc2cccc(N3CCCC3=O)c2)cc(OC)c1OC. The highest BCUT2D eigenvalue weighted by atomic mass is 16.5. The van der Waals surface area contributed by atoms with Crippen molar-refractivity contribution < 1.29 is 23.8 Å². The number of nitrogens with one attached hydrogen (secondary N) is 1. The van der Waals surface area contributed by atoms with E-state index in [-0.39, 0.29) is 11.8 Å². The van der Waals surface area contributed by atoms with Crippen LogP contribution in [-0.4, -0.2) is 39.7 Å². The number of carbonyl (C=O) groups excluding carboxylic acids is 2. The zero-order valence-electron chi connectivity index (χ0n) is 17.4. The highest BCUT2D eigenvalue weighted by Gasteiger charge is 2.21. The summed E-state index contributed by atoms with van der Waals surface area (Å²) in [6, 6.07) is 11.2. The Balaban J connectivity index is 1.64. The molecule has 1 saturated heterocycles. The quantitative estimate of drug-likeness (QED) is 0.677. The summed E-state index contributed by atoms with van der Waals surface area (Å²) in [4.78, 5) is 26.0. The first-order valence-electron chi connectivity index (χ1n) is 9.71. The number of anilines is 1. The molecule has 2 aromatic carbocycles. The highest BCUT2D eigenvalue weighted by Crippen LogP contribution is 2.38. The van der Waals surface area contributed by atoms with Gasteiger partial charge in [-0.15, -0.1) is 0 Å². The zero-order valence-corrected chi connectivity index (χ0v) is 17.4. The Bertz CT molecular complexity index is 929. The highest BCUT2D eigenvalue weighted by molar-refractivity contribution is 5.95. The standard InChI is InChI=1S/C23H26N2O5/c1-28-19-13-16(14-20(29-2)23(19)30-3)9-10-21(26)24-15-17-6-4-7-18(12-17)25-11-5-8-22(25)27/h4,6-7,9-10,12-14H,5,8,11,15H2,1-3H3,(H,24,26)/b10-9+. The van der Waals surface area contributed by atoms with Crippen LogP contribution in [0.5, 0.6) is 17.2 Å². The minimum Gasteiger partial charge on any atom is -0.493 e. The first-order chi connectivity index (χ1) is 14.5. The van der Waals surface area contributed by atoms with E-state index in [1.807, 2.05) is 24.3 Å². The minimum absolute atomic E-state index is 0.143. The Morgan fingerprint density at radius 3 is 2.43 bits per heavy atom. The van der Waals surface area contributed by atoms with Crippen molar-refractivity contribution in [2.45, 2.75) is 19.4 Å². The van der Waals surface area contributed by atoms with E-state index in [9.17, 15) is 9.59 Å². The fraction of sp³-hybridized carbons (Fsp3) is 0.304. The number of rotatable bonds is 8. The van der Waals surface area contributed by atoms with Crippen LogP contribution in [0.15, 0.2) is 42.5 Å². The number of amides is 2. The summed E-state index contributed by atoms with van der Waals surface area (Å²) in [5.41, 5.74) is 2.55. The van der Waals surface area contributed by atoms with Crippen LogP contribution in [0.3, 0.4) is 0 Å². The molecule has 2 aromatic rings. The maximum Gasteiger partial charge on any atom is 0.244 e. The first-order valence-corrected chi connectivity index (χ1v) is 9.71. The van der Waals surface area contributed by atoms with E-state index in [4.69, 9.17) is 14.2 Å². The lowest BCUT2D eigenvalue weighted by Gasteiger charge is -2.16. The van der Waals surface area contributed by atoms with Crippen LogP contribution in [0.25, 0.3) is 6.08 Å². The molecule has 158 valence electrons. The molecule has 0 bridgehead atoms. The van der Waals surface area contributed by atoms with Gasteiger partial charge in [-0.05, 0) is 47.9 Å². The van der Waals surface area contributed by atoms with Gasteiger partial charge in [0, 0.05) is 31.3 Å². The molecule has 0 spiro atoms. The van der Waals surface area contributed by atoms with E-state index in [0.29, 0.717) is 30.2 Å². The topological polar surface area (TPSA) is 77.1 Å². The van der Waals surface area contributed by atoms with Crippen molar-refractivity contribution in [2.75, 3.05) is 32.8 Å². The summed E-state index contributed by atoms with van der Waals surface area (Å²) in [5.74, 6) is 1.45. The molecule has 7 nitrogen and oxygen atoms in total. The van der Waals surface area contributed by atoms with Gasteiger partial charge in [0.05, 0.1) is 21.3 Å². The van der Waals surface area contributed by atoms with Crippen molar-refractivity contribution in [2.24, 2.45) is 0 Å². The van der Waals surface area contributed by atoms with Crippen molar-refractivity contribution >= 4 is 23.6 Å². The van der Waals surface area contributed by atoms with Crippen LogP contribution in [-0.2, 0) is 16.1 Å². The zero-order chi connectivity index (χ0) is 21.5. The summed E-state index contributed by atoms with van der Waals surface area (Å²) in [6.45, 7) is 1.11. The third-order valence-corrected chi connectivity index (χ3v) is 4.88. The van der Waals surface area contributed by atoms with Crippen molar-refractivity contribution in [1.82, 2.24) is 5.32 Å². The molecule has 0 aliphatic carbocycles. The van der Waals surface area contributed by atoms with Crippen molar-refractivity contribution in [1.29, 1.82) is 0 Å². The second-order valence-electron chi connectivity index (χ2n) is 6.83. The number of benzene rings is 2. The second-order valence-corrected chi connectivity index (χ2v) is 6.83. The fourth-order valence-electron chi connectivity index (χ4n) is 3.37. The Morgan fingerprint density at radius 2 is 1.83 bits per heavy atom. The second kappa shape index (κ2) is 9.82. The van der Waals surface area contributed by atoms with E-state index >= 15 is 0 Å². The lowest BCUT2D eigenvalue weighted by Crippen LogP contribution is -2.24. The van der Waals surface area contributed by atoms with Gasteiger partial charge in [-0.1, -0.05) is 12.1 Å². The Labute approximate surface area is 176 Å². The molecule has 1 aliphatic rings. The molecule has 1 N–H and O–H groups in total. The van der Waals surface area contributed by atoms with Crippen LogP contribution in [0.1, 0.15) is 24.0 Å². The van der Waals surface area contributed by atoms with Gasteiger partial charge in [-0.2, -0.15) is 0 Å². The molecule has 0 unspecified atom stereocenters. The van der Waals surface area contributed by atoms with Crippen molar-refractivity contribution in [3.05, 3.63) is 53.6 Å². The number of hydrogen-bond acceptors (Lipinski definition) is 5. The lowest BCUT2D eigenvalue weighted by atomic mass is 10.1. The average molecular weight is 410 g/mol. The van der Waals surface area contributed by atoms with E-state index in [1.165, 1.54) is 13.2 Å². The van der Waals surface area contributed by atoms with Gasteiger partial charge in [0.25, 0.3) is 0 Å². The van der Waals surface area contributed by atoms with E-state index < -0.39 is 0 Å². The van der Waals surface area contributed by atoms with Crippen LogP contribution < -0.4 is 24.4 Å². The molecule has 0 radical (unpaired) electrons. The van der Waals surface area contributed by atoms with Crippen LogP contribution in [0, 0.1) is 0 Å². The summed E-state index contributed by atoms with van der Waals surface area (Å²) in [7, 11) is 4.63. The molecule has 2 amide bonds. The van der Waals surface area contributed by atoms with Crippen LogP contribution in [0.2, 0.25) is 0 Å². The lowest BCUT2D eigenvalue weighted by molar-refractivity contribution is -0.117. The van der Waals surface area contributed by atoms with Gasteiger partial charge >= 0.3 is 0 Å². The monoisotopic (exact) mass is 410 g/mol. The van der Waals surface area contributed by atoms with Gasteiger partial charge < -0.3 is 24.4 Å². The molecular weight excluding hydrogens is 384 g/mol. The molecule has 0 aromatic heterocycles. The third kappa shape index (κ3) is 4.92. The normalized spacial score (nSPS) is 13.6. The Morgan fingerprint density at radius 1 is 1.10 bits per heavy atom. The van der Waals surface area contributed by atoms with Gasteiger partial charge in [-0.25, -0.2) is 0 Å². The first kappa shape index (κ1) is 21.2. The third-order valence-electron chi connectivity index (χ3n) is 4.88. The van der Waals surface area contributed by atoms with E-state index in [1.54, 1.807) is 37.3 Å². The Kier molecular flexibility index (Phi) is 6.95. The van der Waals surface area contributed by atoms with Crippen LogP contribution >= 0.6 is 0 Å². The van der Waals surface area contributed by atoms with Crippen LogP contribution in [0.4, 0.5) is 5.69 Å². The number of ether oxygens (including phenoxy) is 3.